The van der Waals surface area contributed by atoms with Gasteiger partial charge in [-0.05, 0) is 51.1 Å². The van der Waals surface area contributed by atoms with E-state index in [0.29, 0.717) is 5.75 Å². The fourth-order valence-corrected chi connectivity index (χ4v) is 2.88. The Hall–Kier alpha value is -3.75. The molecule has 0 aliphatic heterocycles. The van der Waals surface area contributed by atoms with Crippen molar-refractivity contribution in [1.82, 2.24) is 0 Å². The van der Waals surface area contributed by atoms with E-state index in [4.69, 9.17) is 18.9 Å². The summed E-state index contributed by atoms with van der Waals surface area (Å²) in [6, 6.07) is 7.91. The van der Waals surface area contributed by atoms with Gasteiger partial charge in [0.2, 0.25) is 0 Å². The summed E-state index contributed by atoms with van der Waals surface area (Å²) in [5.74, 6) is -1.88. The maximum Gasteiger partial charge on any atom is 0.419 e. The minimum absolute atomic E-state index is 0.0642. The van der Waals surface area contributed by atoms with E-state index in [9.17, 15) is 22.8 Å². The second-order valence-corrected chi connectivity index (χ2v) is 8.28. The van der Waals surface area contributed by atoms with Crippen LogP contribution in [0.4, 0.5) is 13.2 Å². The first-order chi connectivity index (χ1) is 16.4. The molecule has 2 rings (SSSR count). The fourth-order valence-electron chi connectivity index (χ4n) is 2.88. The molecule has 0 fully saturated rings. The number of ether oxygens (including phenoxy) is 4. The van der Waals surface area contributed by atoms with E-state index in [1.165, 1.54) is 36.4 Å². The van der Waals surface area contributed by atoms with Crippen molar-refractivity contribution in [3.8, 4) is 11.5 Å². The van der Waals surface area contributed by atoms with Gasteiger partial charge in [0, 0.05) is 5.56 Å². The van der Waals surface area contributed by atoms with Gasteiger partial charge >= 0.3 is 18.1 Å². The Balaban J connectivity index is 2.41. The predicted molar refractivity (Wildman–Crippen MR) is 124 cm³/mol. The Morgan fingerprint density at radius 2 is 1.51 bits per heavy atom. The summed E-state index contributed by atoms with van der Waals surface area (Å²) in [4.78, 5) is 24.8. The topological polar surface area (TPSA) is 71.1 Å². The Bertz CT molecular complexity index is 1070. The lowest BCUT2D eigenvalue weighted by molar-refractivity contribution is -0.138. The molecule has 0 aliphatic rings. The first-order valence-electron chi connectivity index (χ1n) is 10.6. The molecule has 0 spiro atoms. The highest BCUT2D eigenvalue weighted by molar-refractivity contribution is 5.95. The molecule has 0 aromatic heterocycles. The number of alkyl halides is 3. The van der Waals surface area contributed by atoms with Crippen molar-refractivity contribution in [2.75, 3.05) is 13.2 Å². The third-order valence-electron chi connectivity index (χ3n) is 4.31. The van der Waals surface area contributed by atoms with Gasteiger partial charge in [-0.25, -0.2) is 9.59 Å². The number of esters is 2. The molecule has 0 saturated heterocycles. The Morgan fingerprint density at radius 3 is 2.06 bits per heavy atom. The Morgan fingerprint density at radius 1 is 0.886 bits per heavy atom. The fraction of sp³-hybridized carbons (Fsp3) is 0.308. The minimum atomic E-state index is -4.78. The summed E-state index contributed by atoms with van der Waals surface area (Å²) in [5, 5.41) is 0. The molecule has 0 unspecified atom stereocenters. The number of carbonyl (C=O) groups is 2. The molecule has 188 valence electrons. The molecule has 0 heterocycles. The highest BCUT2D eigenvalue weighted by Crippen LogP contribution is 2.40. The van der Waals surface area contributed by atoms with Crippen LogP contribution in [0.5, 0.6) is 11.5 Å². The van der Waals surface area contributed by atoms with E-state index in [0.717, 1.165) is 12.1 Å². The molecule has 0 bridgehead atoms. The highest BCUT2D eigenvalue weighted by Gasteiger charge is 2.38. The average molecular weight is 492 g/mol. The standard InChI is InChI=1S/C26H27F3O6/c1-6-14-32-22-20(26(27,28)29)13-10-18(21(22)24(31)35-25(3,4)5)16-34-19-11-8-17(9-12-19)23(30)33-15-7-2/h6-13H,1-2,14-16H2,3-5H3. The van der Waals surface area contributed by atoms with Crippen molar-refractivity contribution in [1.29, 1.82) is 0 Å². The van der Waals surface area contributed by atoms with Crippen LogP contribution in [0.3, 0.4) is 0 Å². The van der Waals surface area contributed by atoms with Crippen LogP contribution in [0.15, 0.2) is 61.7 Å². The maximum absolute atomic E-state index is 13.7. The van der Waals surface area contributed by atoms with Crippen LogP contribution >= 0.6 is 0 Å². The normalized spacial score (nSPS) is 11.4. The second kappa shape index (κ2) is 11.6. The van der Waals surface area contributed by atoms with Crippen LogP contribution in [-0.4, -0.2) is 30.8 Å². The molecule has 0 radical (unpaired) electrons. The summed E-state index contributed by atoms with van der Waals surface area (Å²) < 4.78 is 62.3. The molecule has 2 aromatic carbocycles. The highest BCUT2D eigenvalue weighted by atomic mass is 19.4. The van der Waals surface area contributed by atoms with Gasteiger partial charge in [-0.1, -0.05) is 31.4 Å². The van der Waals surface area contributed by atoms with Gasteiger partial charge < -0.3 is 18.9 Å². The van der Waals surface area contributed by atoms with Gasteiger partial charge in [-0.15, -0.1) is 0 Å². The molecule has 0 saturated carbocycles. The summed E-state index contributed by atoms with van der Waals surface area (Å²) in [5.41, 5.74) is -2.06. The minimum Gasteiger partial charge on any atom is -0.489 e. The van der Waals surface area contributed by atoms with Crippen molar-refractivity contribution in [2.24, 2.45) is 0 Å². The lowest BCUT2D eigenvalue weighted by Crippen LogP contribution is -2.26. The predicted octanol–water partition coefficient (Wildman–Crippen LogP) is 6.15. The molecular weight excluding hydrogens is 465 g/mol. The summed E-state index contributed by atoms with van der Waals surface area (Å²) in [6.07, 6.45) is -2.07. The lowest BCUT2D eigenvalue weighted by Gasteiger charge is -2.23. The average Bonchev–Trinajstić information content (AvgIpc) is 2.77. The monoisotopic (exact) mass is 492 g/mol. The van der Waals surface area contributed by atoms with E-state index in [-0.39, 0.29) is 36.5 Å². The van der Waals surface area contributed by atoms with E-state index < -0.39 is 35.0 Å². The SMILES string of the molecule is C=CCOC(=O)c1ccc(OCc2ccc(C(F)(F)F)c(OCC=C)c2C(=O)OC(C)(C)C)cc1. The van der Waals surface area contributed by atoms with Crippen LogP contribution in [0.2, 0.25) is 0 Å². The molecular formula is C26H27F3O6. The third kappa shape index (κ3) is 7.91. The zero-order valence-electron chi connectivity index (χ0n) is 19.7. The van der Waals surface area contributed by atoms with Crippen molar-refractivity contribution in [3.63, 3.8) is 0 Å². The van der Waals surface area contributed by atoms with Gasteiger partial charge in [0.15, 0.2) is 0 Å². The number of hydrogen-bond acceptors (Lipinski definition) is 6. The molecule has 9 heteroatoms. The Kier molecular flexibility index (Phi) is 9.11. The first-order valence-corrected chi connectivity index (χ1v) is 10.6. The van der Waals surface area contributed by atoms with Crippen molar-refractivity contribution in [3.05, 3.63) is 84.0 Å². The largest absolute Gasteiger partial charge is 0.489 e. The number of rotatable bonds is 10. The van der Waals surface area contributed by atoms with Gasteiger partial charge in [0.05, 0.1) is 11.1 Å². The van der Waals surface area contributed by atoms with E-state index in [1.54, 1.807) is 20.8 Å². The van der Waals surface area contributed by atoms with E-state index >= 15 is 0 Å². The Labute approximate surface area is 201 Å². The first kappa shape index (κ1) is 27.5. The van der Waals surface area contributed by atoms with Crippen LogP contribution in [0, 0.1) is 0 Å². The molecule has 2 aromatic rings. The summed E-state index contributed by atoms with van der Waals surface area (Å²) in [6.45, 7) is 11.3. The molecule has 35 heavy (non-hydrogen) atoms. The maximum atomic E-state index is 13.7. The number of carbonyl (C=O) groups excluding carboxylic acids is 2. The molecule has 6 nitrogen and oxygen atoms in total. The van der Waals surface area contributed by atoms with Crippen LogP contribution < -0.4 is 9.47 Å². The summed E-state index contributed by atoms with van der Waals surface area (Å²) >= 11 is 0. The summed E-state index contributed by atoms with van der Waals surface area (Å²) in [7, 11) is 0. The van der Waals surface area contributed by atoms with Crippen molar-refractivity contribution < 1.29 is 41.7 Å². The zero-order valence-corrected chi connectivity index (χ0v) is 19.7. The second-order valence-electron chi connectivity index (χ2n) is 8.28. The number of halogens is 3. The van der Waals surface area contributed by atoms with Gasteiger partial charge in [-0.2, -0.15) is 13.2 Å². The van der Waals surface area contributed by atoms with Crippen LogP contribution in [-0.2, 0) is 22.3 Å². The van der Waals surface area contributed by atoms with Gasteiger partial charge in [-0.3, -0.25) is 0 Å². The smallest absolute Gasteiger partial charge is 0.419 e. The molecule has 0 atom stereocenters. The number of hydrogen-bond donors (Lipinski definition) is 0. The number of benzene rings is 2. The van der Waals surface area contributed by atoms with Gasteiger partial charge in [0.25, 0.3) is 0 Å². The zero-order chi connectivity index (χ0) is 26.2. The quantitative estimate of drug-likeness (QED) is 0.293. The van der Waals surface area contributed by atoms with Crippen molar-refractivity contribution in [2.45, 2.75) is 39.2 Å². The molecule has 0 N–H and O–H groups in total. The van der Waals surface area contributed by atoms with E-state index in [1.807, 2.05) is 0 Å². The van der Waals surface area contributed by atoms with Crippen LogP contribution in [0.1, 0.15) is 52.6 Å². The van der Waals surface area contributed by atoms with Gasteiger partial charge in [0.1, 0.15) is 42.5 Å². The van der Waals surface area contributed by atoms with Crippen LogP contribution in [0.25, 0.3) is 0 Å². The van der Waals surface area contributed by atoms with E-state index in [2.05, 4.69) is 13.2 Å². The van der Waals surface area contributed by atoms with Crippen molar-refractivity contribution >= 4 is 11.9 Å². The molecule has 0 amide bonds. The molecule has 0 aliphatic carbocycles. The third-order valence-corrected chi connectivity index (χ3v) is 4.31. The lowest BCUT2D eigenvalue weighted by atomic mass is 10.0.